The summed E-state index contributed by atoms with van der Waals surface area (Å²) in [6, 6.07) is 28.0. The van der Waals surface area contributed by atoms with Crippen LogP contribution in [0.15, 0.2) is 97.1 Å². The van der Waals surface area contributed by atoms with E-state index in [4.69, 9.17) is 24.8 Å². The first-order valence-corrected chi connectivity index (χ1v) is 13.8. The molecule has 4 aromatic rings. The van der Waals surface area contributed by atoms with Crippen LogP contribution in [-0.4, -0.2) is 43.7 Å². The zero-order valence-corrected chi connectivity index (χ0v) is 24.4. The maximum atomic E-state index is 13.8. The fraction of sp³-hybridized carbons (Fsp3) is 0.182. The Balaban J connectivity index is 1.73. The van der Waals surface area contributed by atoms with Gasteiger partial charge in [0.1, 0.15) is 25.1 Å². The van der Waals surface area contributed by atoms with Crippen LogP contribution in [-0.2, 0) is 27.5 Å². The van der Waals surface area contributed by atoms with Gasteiger partial charge in [-0.05, 0) is 41.5 Å². The van der Waals surface area contributed by atoms with Gasteiger partial charge in [0.25, 0.3) is 0 Å². The van der Waals surface area contributed by atoms with Crippen molar-refractivity contribution in [2.45, 2.75) is 19.2 Å². The van der Waals surface area contributed by atoms with E-state index in [1.165, 1.54) is 14.2 Å². The molecule has 4 aromatic carbocycles. The molecule has 0 bridgehead atoms. The molecular weight excluding hydrogens is 562 g/mol. The second-order valence-electron chi connectivity index (χ2n) is 9.69. The van der Waals surface area contributed by atoms with Gasteiger partial charge < -0.3 is 30.2 Å². The molecule has 0 aliphatic heterocycles. The van der Waals surface area contributed by atoms with E-state index in [0.29, 0.717) is 34.0 Å². The van der Waals surface area contributed by atoms with Crippen molar-refractivity contribution in [2.24, 2.45) is 0 Å². The number of hydroxylamine groups is 1. The fourth-order valence-corrected chi connectivity index (χ4v) is 4.38. The van der Waals surface area contributed by atoms with Crippen molar-refractivity contribution in [1.29, 1.82) is 5.41 Å². The zero-order valence-electron chi connectivity index (χ0n) is 24.4. The number of benzene rings is 4. The van der Waals surface area contributed by atoms with Gasteiger partial charge in [0.15, 0.2) is 11.5 Å². The van der Waals surface area contributed by atoms with E-state index >= 15 is 0 Å². The van der Waals surface area contributed by atoms with E-state index in [1.807, 2.05) is 66.1 Å². The molecule has 6 N–H and O–H groups in total. The highest BCUT2D eigenvalue weighted by atomic mass is 16.5. The Morgan fingerprint density at radius 3 is 2.14 bits per heavy atom. The topological polar surface area (TPSA) is 154 Å². The third-order valence-corrected chi connectivity index (χ3v) is 6.60. The predicted molar refractivity (Wildman–Crippen MR) is 167 cm³/mol. The molecule has 1 atom stereocenters. The summed E-state index contributed by atoms with van der Waals surface area (Å²) in [4.78, 5) is 26.6. The lowest BCUT2D eigenvalue weighted by Gasteiger charge is -2.24. The molecule has 0 aromatic heterocycles. The zero-order chi connectivity index (χ0) is 31.3. The average Bonchev–Trinajstić information content (AvgIpc) is 3.06. The second kappa shape index (κ2) is 15.7. The lowest BCUT2D eigenvalue weighted by Crippen LogP contribution is -2.34. The van der Waals surface area contributed by atoms with E-state index in [1.54, 1.807) is 36.4 Å². The van der Waals surface area contributed by atoms with E-state index in [9.17, 15) is 9.59 Å². The van der Waals surface area contributed by atoms with Crippen LogP contribution in [0.1, 0.15) is 28.3 Å². The number of rotatable bonds is 14. The highest BCUT2D eigenvalue weighted by Crippen LogP contribution is 2.38. The SMILES string of the molecule is COCC(=O)Nc1cc(OCc2ccccc2)c(OC)cc1[C@H](Nc1ccc(C(=N)NO)cc1)C(=O)NCc1ccccc1. The van der Waals surface area contributed by atoms with Crippen molar-refractivity contribution in [1.82, 2.24) is 10.8 Å². The van der Waals surface area contributed by atoms with Crippen LogP contribution in [0.25, 0.3) is 0 Å². The average molecular weight is 598 g/mol. The molecule has 0 saturated carbocycles. The standard InChI is InChI=1S/C33H35N5O6/c1-42-21-30(39)37-27-18-29(44-20-23-11-7-4-8-12-23)28(43-2)17-26(27)31(33(40)35-19-22-9-5-3-6-10-22)36-25-15-13-24(14-16-25)32(34)38-41/h3-18,31,36,41H,19-21H2,1-2H3,(H2,34,38)(H,35,40)(H,37,39)/t31-/m0/s1. The van der Waals surface area contributed by atoms with Crippen LogP contribution in [0.2, 0.25) is 0 Å². The lowest BCUT2D eigenvalue weighted by atomic mass is 10.0. The molecule has 11 heteroatoms. The number of nitrogens with one attached hydrogen (secondary N) is 5. The van der Waals surface area contributed by atoms with Crippen molar-refractivity contribution in [3.05, 3.63) is 119 Å². The maximum absolute atomic E-state index is 13.8. The van der Waals surface area contributed by atoms with Crippen molar-refractivity contribution in [3.63, 3.8) is 0 Å². The van der Waals surface area contributed by atoms with E-state index in [2.05, 4.69) is 16.0 Å². The summed E-state index contributed by atoms with van der Waals surface area (Å²) < 4.78 is 16.8. The minimum absolute atomic E-state index is 0.173. The molecular formula is C33H35N5O6. The largest absolute Gasteiger partial charge is 0.493 e. The van der Waals surface area contributed by atoms with Gasteiger partial charge in [0.05, 0.1) is 12.8 Å². The molecule has 0 aliphatic carbocycles. The molecule has 0 spiro atoms. The van der Waals surface area contributed by atoms with Crippen molar-refractivity contribution in [2.75, 3.05) is 31.5 Å². The summed E-state index contributed by atoms with van der Waals surface area (Å²) >= 11 is 0. The molecule has 0 unspecified atom stereocenters. The van der Waals surface area contributed by atoms with Crippen LogP contribution in [0.3, 0.4) is 0 Å². The molecule has 0 fully saturated rings. The Labute approximate surface area is 255 Å². The maximum Gasteiger partial charge on any atom is 0.250 e. The monoisotopic (exact) mass is 597 g/mol. The number of carbonyl (C=O) groups excluding carboxylic acids is 2. The number of amides is 2. The van der Waals surface area contributed by atoms with E-state index < -0.39 is 11.9 Å². The summed E-state index contributed by atoms with van der Waals surface area (Å²) in [5.74, 6) is -0.231. The van der Waals surface area contributed by atoms with Crippen LogP contribution in [0.4, 0.5) is 11.4 Å². The lowest BCUT2D eigenvalue weighted by molar-refractivity contribution is -0.122. The normalized spacial score (nSPS) is 11.2. The van der Waals surface area contributed by atoms with Gasteiger partial charge in [0.2, 0.25) is 11.8 Å². The molecule has 0 saturated heterocycles. The molecule has 11 nitrogen and oxygen atoms in total. The molecule has 228 valence electrons. The number of ether oxygens (including phenoxy) is 3. The molecule has 0 aliphatic rings. The Morgan fingerprint density at radius 1 is 0.864 bits per heavy atom. The van der Waals surface area contributed by atoms with Crippen LogP contribution < -0.4 is 30.9 Å². The second-order valence-corrected chi connectivity index (χ2v) is 9.69. The van der Waals surface area contributed by atoms with Gasteiger partial charge in [-0.3, -0.25) is 25.7 Å². The summed E-state index contributed by atoms with van der Waals surface area (Å²) in [6.07, 6.45) is 0. The van der Waals surface area contributed by atoms with Gasteiger partial charge in [-0.15, -0.1) is 0 Å². The smallest absolute Gasteiger partial charge is 0.250 e. The molecule has 0 heterocycles. The Bertz CT molecular complexity index is 1550. The Morgan fingerprint density at radius 2 is 1.52 bits per heavy atom. The van der Waals surface area contributed by atoms with Gasteiger partial charge in [-0.1, -0.05) is 60.7 Å². The minimum Gasteiger partial charge on any atom is -0.493 e. The van der Waals surface area contributed by atoms with Gasteiger partial charge in [-0.2, -0.15) is 0 Å². The highest BCUT2D eigenvalue weighted by molar-refractivity contribution is 5.97. The van der Waals surface area contributed by atoms with Gasteiger partial charge in [0, 0.05) is 36.5 Å². The summed E-state index contributed by atoms with van der Waals surface area (Å²) in [5.41, 5.74) is 5.40. The number of carbonyl (C=O) groups is 2. The van der Waals surface area contributed by atoms with Crippen molar-refractivity contribution in [3.8, 4) is 11.5 Å². The first kappa shape index (κ1) is 31.5. The molecule has 4 rings (SSSR count). The third-order valence-electron chi connectivity index (χ3n) is 6.60. The van der Waals surface area contributed by atoms with Crippen LogP contribution in [0.5, 0.6) is 11.5 Å². The number of hydrogen-bond acceptors (Lipinski definition) is 8. The van der Waals surface area contributed by atoms with E-state index in [0.717, 1.165) is 11.1 Å². The number of hydrogen-bond donors (Lipinski definition) is 6. The van der Waals surface area contributed by atoms with Crippen LogP contribution >= 0.6 is 0 Å². The summed E-state index contributed by atoms with van der Waals surface area (Å²) in [7, 11) is 2.92. The quantitative estimate of drug-likeness (QED) is 0.0699. The van der Waals surface area contributed by atoms with Crippen molar-refractivity contribution < 1.29 is 29.0 Å². The Kier molecular flexibility index (Phi) is 11.3. The molecule has 44 heavy (non-hydrogen) atoms. The first-order chi connectivity index (χ1) is 21.4. The van der Waals surface area contributed by atoms with Gasteiger partial charge in [-0.25, -0.2) is 0 Å². The van der Waals surface area contributed by atoms with Crippen molar-refractivity contribution >= 4 is 29.0 Å². The number of methoxy groups -OCH3 is 2. The van der Waals surface area contributed by atoms with Gasteiger partial charge >= 0.3 is 0 Å². The summed E-state index contributed by atoms with van der Waals surface area (Å²) in [5, 5.41) is 25.9. The van der Waals surface area contributed by atoms with E-state index in [-0.39, 0.29) is 31.5 Å². The molecule has 2 amide bonds. The highest BCUT2D eigenvalue weighted by Gasteiger charge is 2.27. The number of amidine groups is 1. The molecule has 0 radical (unpaired) electrons. The fourth-order valence-electron chi connectivity index (χ4n) is 4.38. The van der Waals surface area contributed by atoms with Crippen LogP contribution in [0, 0.1) is 5.41 Å². The first-order valence-electron chi connectivity index (χ1n) is 13.8. The minimum atomic E-state index is -1.00. The number of anilines is 2. The third kappa shape index (κ3) is 8.57. The summed E-state index contributed by atoms with van der Waals surface area (Å²) in [6.45, 7) is 0.332. The Hall–Kier alpha value is -5.39. The predicted octanol–water partition coefficient (Wildman–Crippen LogP) is 4.63.